The second-order valence-electron chi connectivity index (χ2n) is 6.96. The number of thiocarbonyl (C=S) groups is 1. The van der Waals surface area contributed by atoms with Crippen molar-refractivity contribution in [3.63, 3.8) is 0 Å². The van der Waals surface area contributed by atoms with Gasteiger partial charge in [0.05, 0.1) is 10.5 Å². The maximum absolute atomic E-state index is 12.9. The summed E-state index contributed by atoms with van der Waals surface area (Å²) in [5, 5.41) is 2.37. The number of furan rings is 1. The van der Waals surface area contributed by atoms with Crippen LogP contribution in [0.15, 0.2) is 76.1 Å². The molecule has 1 aliphatic heterocycles. The molecule has 1 saturated heterocycles. The number of carbonyl (C=O) groups excluding carboxylic acids is 2. The number of thioether (sulfide) groups is 1. The minimum atomic E-state index is -4.53. The van der Waals surface area contributed by atoms with E-state index in [1.165, 1.54) is 18.2 Å². The van der Waals surface area contributed by atoms with Gasteiger partial charge in [0.15, 0.2) is 0 Å². The molecule has 0 unspecified atom stereocenters. The van der Waals surface area contributed by atoms with Crippen molar-refractivity contribution in [1.82, 2.24) is 4.90 Å². The van der Waals surface area contributed by atoms with Crippen molar-refractivity contribution in [2.24, 2.45) is 0 Å². The molecular weight excluding hydrogens is 473 g/mol. The van der Waals surface area contributed by atoms with Gasteiger partial charge >= 0.3 is 6.18 Å². The summed E-state index contributed by atoms with van der Waals surface area (Å²) in [7, 11) is 0. The Hall–Kier alpha value is -3.37. The van der Waals surface area contributed by atoms with Gasteiger partial charge in [0.2, 0.25) is 5.91 Å². The van der Waals surface area contributed by atoms with Crippen molar-refractivity contribution in [3.05, 3.63) is 83.0 Å². The number of carbonyl (C=O) groups is 2. The standard InChI is InChI=1S/C23H15F3N2O3S2/c24-23(25,26)15-7-4-8-16(11-15)27-20(29)13-28-21(30)19(33-22(28)32)12-17-9-10-18(31-17)14-5-2-1-3-6-14/h1-12H,13H2,(H,27,29)/b19-12-. The number of alkyl halides is 3. The van der Waals surface area contributed by atoms with Crippen LogP contribution in [0.3, 0.4) is 0 Å². The minimum absolute atomic E-state index is 0.0279. The normalized spacial score (nSPS) is 15.4. The van der Waals surface area contributed by atoms with Crippen LogP contribution in [0.2, 0.25) is 0 Å². The first-order valence-electron chi connectivity index (χ1n) is 9.58. The fourth-order valence-corrected chi connectivity index (χ4v) is 4.31. The lowest BCUT2D eigenvalue weighted by Gasteiger charge is -2.15. The average Bonchev–Trinajstić information content (AvgIpc) is 3.34. The van der Waals surface area contributed by atoms with E-state index in [9.17, 15) is 22.8 Å². The van der Waals surface area contributed by atoms with Crippen LogP contribution in [-0.4, -0.2) is 27.6 Å². The number of hydrogen-bond donors (Lipinski definition) is 1. The van der Waals surface area contributed by atoms with Gasteiger partial charge in [-0.15, -0.1) is 0 Å². The molecule has 33 heavy (non-hydrogen) atoms. The first-order chi connectivity index (χ1) is 15.7. The van der Waals surface area contributed by atoms with E-state index in [-0.39, 0.29) is 14.9 Å². The maximum Gasteiger partial charge on any atom is 0.416 e. The highest BCUT2D eigenvalue weighted by Gasteiger charge is 2.34. The number of hydrogen-bond acceptors (Lipinski definition) is 5. The van der Waals surface area contributed by atoms with E-state index < -0.39 is 30.1 Å². The third kappa shape index (κ3) is 5.35. The maximum atomic E-state index is 12.9. The van der Waals surface area contributed by atoms with Gasteiger partial charge in [-0.1, -0.05) is 60.4 Å². The van der Waals surface area contributed by atoms with Gasteiger partial charge in [0.25, 0.3) is 5.91 Å². The van der Waals surface area contributed by atoms with Crippen LogP contribution in [0.1, 0.15) is 11.3 Å². The Bertz CT molecular complexity index is 1250. The largest absolute Gasteiger partial charge is 0.457 e. The molecule has 2 heterocycles. The zero-order valence-corrected chi connectivity index (χ0v) is 18.4. The Kier molecular flexibility index (Phi) is 6.39. The van der Waals surface area contributed by atoms with Crippen molar-refractivity contribution >= 4 is 51.9 Å². The number of nitrogens with zero attached hydrogens (tertiary/aromatic N) is 1. The van der Waals surface area contributed by atoms with Crippen LogP contribution in [0, 0.1) is 0 Å². The summed E-state index contributed by atoms with van der Waals surface area (Å²) >= 11 is 6.23. The van der Waals surface area contributed by atoms with E-state index in [4.69, 9.17) is 16.6 Å². The average molecular weight is 489 g/mol. The minimum Gasteiger partial charge on any atom is -0.457 e. The SMILES string of the molecule is O=C(CN1C(=O)/C(=C/c2ccc(-c3ccccc3)o2)SC1=S)Nc1cccc(C(F)(F)F)c1. The molecule has 5 nitrogen and oxygen atoms in total. The lowest BCUT2D eigenvalue weighted by molar-refractivity contribution is -0.137. The highest BCUT2D eigenvalue weighted by atomic mass is 32.2. The van der Waals surface area contributed by atoms with Crippen LogP contribution >= 0.6 is 24.0 Å². The first kappa shape index (κ1) is 22.8. The summed E-state index contributed by atoms with van der Waals surface area (Å²) in [5.74, 6) is -0.0707. The molecule has 4 rings (SSSR count). The fraction of sp³-hybridized carbons (Fsp3) is 0.0870. The molecule has 1 aliphatic rings. The molecule has 0 aliphatic carbocycles. The molecule has 0 atom stereocenters. The van der Waals surface area contributed by atoms with E-state index in [2.05, 4.69) is 5.32 Å². The highest BCUT2D eigenvalue weighted by molar-refractivity contribution is 8.26. The van der Waals surface area contributed by atoms with E-state index in [1.54, 1.807) is 12.1 Å². The summed E-state index contributed by atoms with van der Waals surface area (Å²) in [4.78, 5) is 26.5. The Balaban J connectivity index is 1.43. The van der Waals surface area contributed by atoms with E-state index in [1.807, 2.05) is 30.3 Å². The van der Waals surface area contributed by atoms with E-state index in [0.717, 1.165) is 34.4 Å². The second-order valence-corrected chi connectivity index (χ2v) is 8.64. The molecule has 0 saturated carbocycles. The van der Waals surface area contributed by atoms with Crippen LogP contribution < -0.4 is 5.32 Å². The number of amides is 2. The summed E-state index contributed by atoms with van der Waals surface area (Å²) in [5.41, 5.74) is -0.0297. The monoisotopic (exact) mass is 488 g/mol. The molecule has 1 N–H and O–H groups in total. The fourth-order valence-electron chi connectivity index (χ4n) is 3.07. The van der Waals surface area contributed by atoms with Crippen LogP contribution in [0.25, 0.3) is 17.4 Å². The molecule has 10 heteroatoms. The van der Waals surface area contributed by atoms with Gasteiger partial charge in [-0.2, -0.15) is 13.2 Å². The lowest BCUT2D eigenvalue weighted by Crippen LogP contribution is -2.36. The number of anilines is 1. The number of rotatable bonds is 5. The molecule has 0 bridgehead atoms. The zero-order chi connectivity index (χ0) is 23.6. The first-order valence-corrected chi connectivity index (χ1v) is 10.8. The molecule has 168 valence electrons. The third-order valence-corrected chi connectivity index (χ3v) is 5.99. The summed E-state index contributed by atoms with van der Waals surface area (Å²) in [6.45, 7) is -0.425. The van der Waals surface area contributed by atoms with E-state index >= 15 is 0 Å². The summed E-state index contributed by atoms with van der Waals surface area (Å²) in [6, 6.07) is 17.2. The molecular formula is C23H15F3N2O3S2. The van der Waals surface area contributed by atoms with Crippen molar-refractivity contribution in [3.8, 4) is 11.3 Å². The van der Waals surface area contributed by atoms with Gasteiger partial charge in [-0.25, -0.2) is 0 Å². The van der Waals surface area contributed by atoms with Gasteiger partial charge in [-0.05, 0) is 30.3 Å². The highest BCUT2D eigenvalue weighted by Crippen LogP contribution is 2.34. The van der Waals surface area contributed by atoms with Crippen LogP contribution in [0.5, 0.6) is 0 Å². The molecule has 2 amide bonds. The second kappa shape index (κ2) is 9.24. The molecule has 0 spiro atoms. The van der Waals surface area contributed by atoms with Crippen LogP contribution in [-0.2, 0) is 15.8 Å². The van der Waals surface area contributed by atoms with Crippen molar-refractivity contribution in [2.75, 3.05) is 11.9 Å². The van der Waals surface area contributed by atoms with Gasteiger partial charge in [0, 0.05) is 17.3 Å². The third-order valence-electron chi connectivity index (χ3n) is 4.61. The van der Waals surface area contributed by atoms with Crippen molar-refractivity contribution < 1.29 is 27.2 Å². The number of halogens is 3. The Labute approximate surface area is 196 Å². The van der Waals surface area contributed by atoms with Crippen molar-refractivity contribution in [2.45, 2.75) is 6.18 Å². The predicted molar refractivity (Wildman–Crippen MR) is 124 cm³/mol. The van der Waals surface area contributed by atoms with Crippen molar-refractivity contribution in [1.29, 1.82) is 0 Å². The Morgan fingerprint density at radius 3 is 2.58 bits per heavy atom. The lowest BCUT2D eigenvalue weighted by atomic mass is 10.2. The summed E-state index contributed by atoms with van der Waals surface area (Å²) < 4.78 is 44.5. The Morgan fingerprint density at radius 1 is 1.09 bits per heavy atom. The smallest absolute Gasteiger partial charge is 0.416 e. The Morgan fingerprint density at radius 2 is 1.85 bits per heavy atom. The van der Waals surface area contributed by atoms with Crippen LogP contribution in [0.4, 0.5) is 18.9 Å². The zero-order valence-electron chi connectivity index (χ0n) is 16.8. The van der Waals surface area contributed by atoms with Gasteiger partial charge in [-0.3, -0.25) is 14.5 Å². The predicted octanol–water partition coefficient (Wildman–Crippen LogP) is 5.81. The summed E-state index contributed by atoms with van der Waals surface area (Å²) in [6.07, 6.45) is -2.99. The molecule has 0 radical (unpaired) electrons. The number of benzene rings is 2. The van der Waals surface area contributed by atoms with Gasteiger partial charge in [0.1, 0.15) is 22.4 Å². The van der Waals surface area contributed by atoms with Gasteiger partial charge < -0.3 is 9.73 Å². The number of nitrogens with one attached hydrogen (secondary N) is 1. The molecule has 3 aromatic rings. The molecule has 2 aromatic carbocycles. The molecule has 1 fully saturated rings. The molecule has 1 aromatic heterocycles. The quantitative estimate of drug-likeness (QED) is 0.363. The van der Waals surface area contributed by atoms with E-state index in [0.29, 0.717) is 11.5 Å². The topological polar surface area (TPSA) is 62.6 Å².